The van der Waals surface area contributed by atoms with Crippen LogP contribution in [0.3, 0.4) is 0 Å². The third-order valence-corrected chi connectivity index (χ3v) is 3.66. The van der Waals surface area contributed by atoms with E-state index in [1.54, 1.807) is 24.4 Å². The summed E-state index contributed by atoms with van der Waals surface area (Å²) in [5.74, 6) is -0.295. The highest BCUT2D eigenvalue weighted by atomic mass is 79.9. The van der Waals surface area contributed by atoms with Gasteiger partial charge in [0.1, 0.15) is 0 Å². The first kappa shape index (κ1) is 16.2. The summed E-state index contributed by atoms with van der Waals surface area (Å²) in [6.07, 6.45) is 3.79. The molecule has 0 aliphatic heterocycles. The van der Waals surface area contributed by atoms with E-state index in [9.17, 15) is 9.59 Å². The van der Waals surface area contributed by atoms with Crippen molar-refractivity contribution in [3.63, 3.8) is 0 Å². The number of amides is 2. The molecule has 0 aliphatic rings. The summed E-state index contributed by atoms with van der Waals surface area (Å²) in [5.41, 5.74) is 1.13. The predicted octanol–water partition coefficient (Wildman–Crippen LogP) is 2.39. The molecule has 0 bridgehead atoms. The van der Waals surface area contributed by atoms with Gasteiger partial charge in [0, 0.05) is 30.0 Å². The van der Waals surface area contributed by atoms with Crippen molar-refractivity contribution in [2.24, 2.45) is 0 Å². The maximum absolute atomic E-state index is 11.9. The van der Waals surface area contributed by atoms with Gasteiger partial charge in [0.05, 0.1) is 11.1 Å². The second-order valence-corrected chi connectivity index (χ2v) is 5.44. The summed E-state index contributed by atoms with van der Waals surface area (Å²) >= 11 is 3.34. The molecule has 1 aromatic heterocycles. The molecule has 1 aromatic carbocycles. The van der Waals surface area contributed by atoms with Crippen LogP contribution in [0.1, 0.15) is 27.1 Å². The second kappa shape index (κ2) is 8.29. The van der Waals surface area contributed by atoms with Crippen molar-refractivity contribution in [3.8, 4) is 0 Å². The van der Waals surface area contributed by atoms with Gasteiger partial charge in [0.25, 0.3) is 11.8 Å². The minimum atomic E-state index is -0.162. The highest BCUT2D eigenvalue weighted by molar-refractivity contribution is 9.10. The fraction of sp³-hybridized carbons (Fsp3) is 0.188. The van der Waals surface area contributed by atoms with Crippen LogP contribution in [0.2, 0.25) is 0 Å². The lowest BCUT2D eigenvalue weighted by Crippen LogP contribution is -2.30. The van der Waals surface area contributed by atoms with Gasteiger partial charge in [0.2, 0.25) is 0 Å². The normalized spacial score (nSPS) is 10.0. The number of hydrogen-bond donors (Lipinski definition) is 2. The summed E-state index contributed by atoms with van der Waals surface area (Å²) in [6, 6.07) is 10.7. The largest absolute Gasteiger partial charge is 0.352 e. The van der Waals surface area contributed by atoms with Crippen LogP contribution in [-0.4, -0.2) is 29.9 Å². The molecule has 0 radical (unpaired) electrons. The standard InChI is InChI=1S/C16H16BrN3O2/c17-14-7-2-1-6-13(14)16(22)20-10-4-9-19-15(21)12-5-3-8-18-11-12/h1-3,5-8,11H,4,9-10H2,(H,19,21)(H,20,22). The molecule has 2 rings (SSSR count). The second-order valence-electron chi connectivity index (χ2n) is 4.59. The number of nitrogens with zero attached hydrogens (tertiary/aromatic N) is 1. The van der Waals surface area contributed by atoms with Crippen molar-refractivity contribution in [1.82, 2.24) is 15.6 Å². The minimum absolute atomic E-state index is 0.133. The average molecular weight is 362 g/mol. The molecule has 114 valence electrons. The Bertz CT molecular complexity index is 647. The lowest BCUT2D eigenvalue weighted by atomic mass is 10.2. The van der Waals surface area contributed by atoms with E-state index < -0.39 is 0 Å². The zero-order valence-corrected chi connectivity index (χ0v) is 13.5. The van der Waals surface area contributed by atoms with Gasteiger partial charge in [0.15, 0.2) is 0 Å². The quantitative estimate of drug-likeness (QED) is 0.776. The van der Waals surface area contributed by atoms with E-state index in [4.69, 9.17) is 0 Å². The van der Waals surface area contributed by atoms with E-state index in [0.29, 0.717) is 30.6 Å². The molecule has 1 heterocycles. The predicted molar refractivity (Wildman–Crippen MR) is 87.7 cm³/mol. The van der Waals surface area contributed by atoms with Crippen LogP contribution >= 0.6 is 15.9 Å². The lowest BCUT2D eigenvalue weighted by molar-refractivity contribution is 0.0951. The van der Waals surface area contributed by atoms with Gasteiger partial charge in [-0.1, -0.05) is 12.1 Å². The highest BCUT2D eigenvalue weighted by Crippen LogP contribution is 2.15. The summed E-state index contributed by atoms with van der Waals surface area (Å²) in [6.45, 7) is 0.984. The number of pyridine rings is 1. The molecule has 5 nitrogen and oxygen atoms in total. The van der Waals surface area contributed by atoms with E-state index in [2.05, 4.69) is 31.5 Å². The first-order valence-electron chi connectivity index (χ1n) is 6.89. The van der Waals surface area contributed by atoms with Gasteiger partial charge in [-0.25, -0.2) is 0 Å². The number of aromatic nitrogens is 1. The van der Waals surface area contributed by atoms with E-state index >= 15 is 0 Å². The Labute approximate surface area is 137 Å². The van der Waals surface area contributed by atoms with Crippen LogP contribution in [0.4, 0.5) is 0 Å². The maximum Gasteiger partial charge on any atom is 0.252 e. The Morgan fingerprint density at radius 1 is 1.00 bits per heavy atom. The number of hydrogen-bond acceptors (Lipinski definition) is 3. The monoisotopic (exact) mass is 361 g/mol. The highest BCUT2D eigenvalue weighted by Gasteiger charge is 2.08. The number of carbonyl (C=O) groups excluding carboxylic acids is 2. The van der Waals surface area contributed by atoms with Gasteiger partial charge in [-0.05, 0) is 46.6 Å². The van der Waals surface area contributed by atoms with Crippen molar-refractivity contribution in [1.29, 1.82) is 0 Å². The van der Waals surface area contributed by atoms with Gasteiger partial charge in [-0.3, -0.25) is 14.6 Å². The summed E-state index contributed by atoms with van der Waals surface area (Å²) in [5, 5.41) is 5.61. The third-order valence-electron chi connectivity index (χ3n) is 2.97. The van der Waals surface area contributed by atoms with Gasteiger partial charge in [-0.2, -0.15) is 0 Å². The molecule has 0 fully saturated rings. The zero-order valence-electron chi connectivity index (χ0n) is 11.9. The van der Waals surface area contributed by atoms with Crippen molar-refractivity contribution in [2.75, 3.05) is 13.1 Å². The van der Waals surface area contributed by atoms with Gasteiger partial charge >= 0.3 is 0 Å². The van der Waals surface area contributed by atoms with Crippen molar-refractivity contribution < 1.29 is 9.59 Å². The topological polar surface area (TPSA) is 71.1 Å². The van der Waals surface area contributed by atoms with E-state index in [-0.39, 0.29) is 11.8 Å². The third kappa shape index (κ3) is 4.66. The Balaban J connectivity index is 1.69. The molecule has 0 aliphatic carbocycles. The minimum Gasteiger partial charge on any atom is -0.352 e. The number of benzene rings is 1. The maximum atomic E-state index is 11.9. The van der Waals surface area contributed by atoms with Crippen molar-refractivity contribution in [2.45, 2.75) is 6.42 Å². The molecular weight excluding hydrogens is 346 g/mol. The fourth-order valence-corrected chi connectivity index (χ4v) is 2.30. The SMILES string of the molecule is O=C(NCCCNC(=O)c1ccccc1Br)c1cccnc1. The van der Waals surface area contributed by atoms with Crippen LogP contribution in [-0.2, 0) is 0 Å². The molecule has 22 heavy (non-hydrogen) atoms. The first-order chi connectivity index (χ1) is 10.7. The smallest absolute Gasteiger partial charge is 0.252 e. The van der Waals surface area contributed by atoms with E-state index in [1.165, 1.54) is 6.20 Å². The summed E-state index contributed by atoms with van der Waals surface area (Å²) in [7, 11) is 0. The molecule has 2 aromatic rings. The number of nitrogens with one attached hydrogen (secondary N) is 2. The van der Waals surface area contributed by atoms with Crippen molar-refractivity contribution in [3.05, 3.63) is 64.4 Å². The van der Waals surface area contributed by atoms with E-state index in [1.807, 2.05) is 18.2 Å². The summed E-state index contributed by atoms with van der Waals surface area (Å²) in [4.78, 5) is 27.6. The fourth-order valence-electron chi connectivity index (χ4n) is 1.83. The van der Waals surface area contributed by atoms with Crippen LogP contribution in [0.25, 0.3) is 0 Å². The Hall–Kier alpha value is -2.21. The zero-order chi connectivity index (χ0) is 15.8. The van der Waals surface area contributed by atoms with Crippen LogP contribution in [0.5, 0.6) is 0 Å². The van der Waals surface area contributed by atoms with E-state index in [0.717, 1.165) is 4.47 Å². The number of rotatable bonds is 6. The Morgan fingerprint density at radius 3 is 2.41 bits per heavy atom. The van der Waals surface area contributed by atoms with Gasteiger partial charge < -0.3 is 10.6 Å². The average Bonchev–Trinajstić information content (AvgIpc) is 2.55. The molecule has 0 atom stereocenters. The first-order valence-corrected chi connectivity index (χ1v) is 7.69. The van der Waals surface area contributed by atoms with Crippen molar-refractivity contribution >= 4 is 27.7 Å². The van der Waals surface area contributed by atoms with Crippen LogP contribution < -0.4 is 10.6 Å². The Morgan fingerprint density at radius 2 is 1.73 bits per heavy atom. The number of carbonyl (C=O) groups is 2. The molecule has 0 saturated carbocycles. The molecule has 2 N–H and O–H groups in total. The Kier molecular flexibility index (Phi) is 6.09. The molecular formula is C16H16BrN3O2. The molecule has 0 spiro atoms. The molecule has 0 unspecified atom stereocenters. The molecule has 0 saturated heterocycles. The molecule has 2 amide bonds. The summed E-state index contributed by atoms with van der Waals surface area (Å²) < 4.78 is 0.761. The van der Waals surface area contributed by atoms with Crippen LogP contribution in [0.15, 0.2) is 53.3 Å². The van der Waals surface area contributed by atoms with Crippen LogP contribution in [0, 0.1) is 0 Å². The molecule has 6 heteroatoms. The lowest BCUT2D eigenvalue weighted by Gasteiger charge is -2.08. The number of halogens is 1. The van der Waals surface area contributed by atoms with Gasteiger partial charge in [-0.15, -0.1) is 0 Å².